The summed E-state index contributed by atoms with van der Waals surface area (Å²) in [6.07, 6.45) is 1.09. The van der Waals surface area contributed by atoms with Crippen molar-refractivity contribution in [3.63, 3.8) is 0 Å². The zero-order chi connectivity index (χ0) is 14.8. The number of halogens is 1. The summed E-state index contributed by atoms with van der Waals surface area (Å²) < 4.78 is 13.2. The molecule has 2 aromatic rings. The second-order valence-electron chi connectivity index (χ2n) is 5.68. The van der Waals surface area contributed by atoms with Gasteiger partial charge in [-0.15, -0.1) is 0 Å². The monoisotopic (exact) mass is 284 g/mol. The highest BCUT2D eigenvalue weighted by Gasteiger charge is 2.23. The number of nitrogens with one attached hydrogen (secondary N) is 1. The van der Waals surface area contributed by atoms with Crippen LogP contribution in [0, 0.1) is 12.7 Å². The van der Waals surface area contributed by atoms with Gasteiger partial charge >= 0.3 is 0 Å². The summed E-state index contributed by atoms with van der Waals surface area (Å²) in [5, 5.41) is 3.39. The van der Waals surface area contributed by atoms with Gasteiger partial charge in [0.05, 0.1) is 0 Å². The van der Waals surface area contributed by atoms with E-state index in [4.69, 9.17) is 0 Å². The Balaban J connectivity index is 1.90. The molecule has 0 fully saturated rings. The van der Waals surface area contributed by atoms with E-state index in [0.717, 1.165) is 25.1 Å². The maximum Gasteiger partial charge on any atom is 0.123 e. The zero-order valence-electron chi connectivity index (χ0n) is 12.6. The topological polar surface area (TPSA) is 15.3 Å². The van der Waals surface area contributed by atoms with E-state index >= 15 is 0 Å². The van der Waals surface area contributed by atoms with Crippen LogP contribution in [0.4, 0.5) is 10.1 Å². The summed E-state index contributed by atoms with van der Waals surface area (Å²) in [7, 11) is 2.02. The minimum absolute atomic E-state index is 0.162. The molecule has 1 unspecified atom stereocenters. The maximum atomic E-state index is 13.2. The van der Waals surface area contributed by atoms with Crippen molar-refractivity contribution in [1.29, 1.82) is 0 Å². The van der Waals surface area contributed by atoms with E-state index in [1.165, 1.54) is 16.8 Å². The van der Waals surface area contributed by atoms with Gasteiger partial charge in [-0.2, -0.15) is 0 Å². The van der Waals surface area contributed by atoms with Crippen molar-refractivity contribution in [2.24, 2.45) is 0 Å². The van der Waals surface area contributed by atoms with Crippen LogP contribution < -0.4 is 10.2 Å². The average molecular weight is 284 g/mol. The molecule has 3 rings (SSSR count). The van der Waals surface area contributed by atoms with E-state index in [1.54, 1.807) is 12.1 Å². The van der Waals surface area contributed by atoms with Gasteiger partial charge in [0.15, 0.2) is 0 Å². The van der Waals surface area contributed by atoms with Gasteiger partial charge in [0.2, 0.25) is 0 Å². The van der Waals surface area contributed by atoms with Gasteiger partial charge in [0.1, 0.15) is 5.82 Å². The first-order valence-corrected chi connectivity index (χ1v) is 7.45. The Hall–Kier alpha value is -1.87. The number of hydrogen-bond donors (Lipinski definition) is 1. The van der Waals surface area contributed by atoms with Crippen LogP contribution in [0.1, 0.15) is 29.2 Å². The molecule has 1 heterocycles. The number of para-hydroxylation sites is 1. The molecule has 0 bridgehead atoms. The molecule has 1 aliphatic rings. The molecule has 0 amide bonds. The molecular formula is C18H21FN2. The quantitative estimate of drug-likeness (QED) is 0.922. The zero-order valence-corrected chi connectivity index (χ0v) is 12.6. The Kier molecular flexibility index (Phi) is 3.93. The number of rotatable bonds is 3. The molecule has 110 valence electrons. The fourth-order valence-corrected chi connectivity index (χ4v) is 3.14. The second kappa shape index (κ2) is 5.86. The Morgan fingerprint density at radius 3 is 2.81 bits per heavy atom. The third-order valence-electron chi connectivity index (χ3n) is 4.35. The van der Waals surface area contributed by atoms with Gasteiger partial charge in [0, 0.05) is 24.8 Å². The standard InChI is InChI=1S/C18H21FN2/c1-13-11-15(19)8-7-14(13)12-21-10-9-17(20-2)16-5-3-4-6-18(16)21/h3-8,11,17,20H,9-10,12H2,1-2H3. The lowest BCUT2D eigenvalue weighted by atomic mass is 9.95. The summed E-state index contributed by atoms with van der Waals surface area (Å²) in [4.78, 5) is 2.39. The summed E-state index contributed by atoms with van der Waals surface area (Å²) in [5.74, 6) is -0.162. The molecule has 0 saturated heterocycles. The first kappa shape index (κ1) is 14.1. The average Bonchev–Trinajstić information content (AvgIpc) is 2.50. The van der Waals surface area contributed by atoms with Gasteiger partial charge in [-0.05, 0) is 55.3 Å². The lowest BCUT2D eigenvalue weighted by molar-refractivity contribution is 0.515. The minimum atomic E-state index is -0.162. The van der Waals surface area contributed by atoms with E-state index in [0.29, 0.717) is 6.04 Å². The number of anilines is 1. The van der Waals surface area contributed by atoms with Gasteiger partial charge in [-0.3, -0.25) is 0 Å². The van der Waals surface area contributed by atoms with Gasteiger partial charge in [0.25, 0.3) is 0 Å². The molecule has 0 aromatic heterocycles. The van der Waals surface area contributed by atoms with E-state index in [2.05, 4.69) is 34.5 Å². The fraction of sp³-hybridized carbons (Fsp3) is 0.333. The highest BCUT2D eigenvalue weighted by Crippen LogP contribution is 2.34. The van der Waals surface area contributed by atoms with Crippen molar-refractivity contribution in [1.82, 2.24) is 5.32 Å². The van der Waals surface area contributed by atoms with Crippen LogP contribution in [0.25, 0.3) is 0 Å². The van der Waals surface area contributed by atoms with Gasteiger partial charge in [-0.1, -0.05) is 24.3 Å². The molecule has 1 aliphatic heterocycles. The SMILES string of the molecule is CNC1CCN(Cc2ccc(F)cc2C)c2ccccc21. The summed E-state index contributed by atoms with van der Waals surface area (Å²) in [5.41, 5.74) is 4.84. The first-order chi connectivity index (χ1) is 10.2. The Morgan fingerprint density at radius 1 is 1.24 bits per heavy atom. The van der Waals surface area contributed by atoms with Crippen molar-refractivity contribution in [2.45, 2.75) is 25.9 Å². The van der Waals surface area contributed by atoms with Crippen molar-refractivity contribution in [3.8, 4) is 0 Å². The first-order valence-electron chi connectivity index (χ1n) is 7.45. The molecule has 0 saturated carbocycles. The maximum absolute atomic E-state index is 13.2. The van der Waals surface area contributed by atoms with Crippen LogP contribution in [-0.4, -0.2) is 13.6 Å². The van der Waals surface area contributed by atoms with Crippen LogP contribution in [0.3, 0.4) is 0 Å². The smallest absolute Gasteiger partial charge is 0.123 e. The molecule has 3 heteroatoms. The lowest BCUT2D eigenvalue weighted by Crippen LogP contribution is -2.34. The molecule has 1 atom stereocenters. The summed E-state index contributed by atoms with van der Waals surface area (Å²) >= 11 is 0. The summed E-state index contributed by atoms with van der Waals surface area (Å²) in [6.45, 7) is 3.82. The highest BCUT2D eigenvalue weighted by atomic mass is 19.1. The van der Waals surface area contributed by atoms with Gasteiger partial charge in [-0.25, -0.2) is 4.39 Å². The van der Waals surface area contributed by atoms with E-state index in [1.807, 2.05) is 20.0 Å². The lowest BCUT2D eigenvalue weighted by Gasteiger charge is -2.36. The van der Waals surface area contributed by atoms with Crippen molar-refractivity contribution >= 4 is 5.69 Å². The molecule has 2 aromatic carbocycles. The number of hydrogen-bond acceptors (Lipinski definition) is 2. The normalized spacial score (nSPS) is 17.7. The Labute approximate surface area is 125 Å². The van der Waals surface area contributed by atoms with Crippen molar-refractivity contribution in [2.75, 3.05) is 18.5 Å². The molecular weight excluding hydrogens is 263 g/mol. The van der Waals surface area contributed by atoms with Crippen LogP contribution in [0.15, 0.2) is 42.5 Å². The second-order valence-corrected chi connectivity index (χ2v) is 5.68. The minimum Gasteiger partial charge on any atom is -0.367 e. The fourth-order valence-electron chi connectivity index (χ4n) is 3.14. The summed E-state index contributed by atoms with van der Waals surface area (Å²) in [6, 6.07) is 14.0. The molecule has 0 aliphatic carbocycles. The van der Waals surface area contributed by atoms with Crippen molar-refractivity contribution in [3.05, 3.63) is 65.0 Å². The predicted octanol–water partition coefficient (Wildman–Crippen LogP) is 3.80. The van der Waals surface area contributed by atoms with E-state index in [9.17, 15) is 4.39 Å². The number of nitrogens with zero attached hydrogens (tertiary/aromatic N) is 1. The van der Waals surface area contributed by atoms with E-state index in [-0.39, 0.29) is 5.82 Å². The van der Waals surface area contributed by atoms with Gasteiger partial charge < -0.3 is 10.2 Å². The molecule has 2 nitrogen and oxygen atoms in total. The number of fused-ring (bicyclic) bond motifs is 1. The number of benzene rings is 2. The molecule has 21 heavy (non-hydrogen) atoms. The third kappa shape index (κ3) is 2.79. The van der Waals surface area contributed by atoms with Crippen molar-refractivity contribution < 1.29 is 4.39 Å². The highest BCUT2D eigenvalue weighted by molar-refractivity contribution is 5.57. The van der Waals surface area contributed by atoms with Crippen LogP contribution in [-0.2, 0) is 6.54 Å². The largest absolute Gasteiger partial charge is 0.367 e. The van der Waals surface area contributed by atoms with Crippen LogP contribution in [0.5, 0.6) is 0 Å². The molecule has 0 spiro atoms. The number of aryl methyl sites for hydroxylation is 1. The van der Waals surface area contributed by atoms with Crippen LogP contribution >= 0.6 is 0 Å². The Morgan fingerprint density at radius 2 is 2.05 bits per heavy atom. The Bertz CT molecular complexity index is 639. The third-order valence-corrected chi connectivity index (χ3v) is 4.35. The predicted molar refractivity (Wildman–Crippen MR) is 85.0 cm³/mol. The van der Waals surface area contributed by atoms with Crippen LogP contribution in [0.2, 0.25) is 0 Å². The molecule has 0 radical (unpaired) electrons. The molecule has 1 N–H and O–H groups in total. The van der Waals surface area contributed by atoms with E-state index < -0.39 is 0 Å².